The lowest BCUT2D eigenvalue weighted by molar-refractivity contribution is 0.358. The van der Waals surface area contributed by atoms with Crippen LogP contribution in [0.3, 0.4) is 0 Å². The lowest BCUT2D eigenvalue weighted by Crippen LogP contribution is -2.46. The van der Waals surface area contributed by atoms with E-state index in [0.717, 1.165) is 25.9 Å². The third kappa shape index (κ3) is 2.63. The molecule has 0 aliphatic carbocycles. The summed E-state index contributed by atoms with van der Waals surface area (Å²) in [5.74, 6) is 0. The van der Waals surface area contributed by atoms with Gasteiger partial charge < -0.3 is 11.1 Å². The first-order valence-corrected chi connectivity index (χ1v) is 6.25. The summed E-state index contributed by atoms with van der Waals surface area (Å²) in [7, 11) is 0. The van der Waals surface area contributed by atoms with Crippen LogP contribution >= 0.6 is 0 Å². The number of benzene rings is 1. The van der Waals surface area contributed by atoms with Crippen molar-refractivity contribution in [3.63, 3.8) is 0 Å². The van der Waals surface area contributed by atoms with Crippen LogP contribution in [0.4, 0.5) is 0 Å². The first-order chi connectivity index (χ1) is 7.74. The molecule has 1 aromatic rings. The normalized spacial score (nSPS) is 24.9. The van der Waals surface area contributed by atoms with Gasteiger partial charge in [-0.05, 0) is 44.7 Å². The summed E-state index contributed by atoms with van der Waals surface area (Å²) in [6.07, 6.45) is 4.79. The van der Waals surface area contributed by atoms with Crippen molar-refractivity contribution in [2.75, 3.05) is 13.1 Å². The van der Waals surface area contributed by atoms with Crippen LogP contribution in [-0.2, 0) is 6.42 Å². The highest BCUT2D eigenvalue weighted by Gasteiger charge is 2.31. The van der Waals surface area contributed by atoms with E-state index in [2.05, 4.69) is 36.5 Å². The number of aryl methyl sites for hydroxylation is 2. The maximum absolute atomic E-state index is 5.89. The molecule has 2 nitrogen and oxygen atoms in total. The number of hydrogen-bond donors (Lipinski definition) is 2. The van der Waals surface area contributed by atoms with Crippen molar-refractivity contribution in [1.82, 2.24) is 5.32 Å². The van der Waals surface area contributed by atoms with Gasteiger partial charge in [0, 0.05) is 12.1 Å². The molecule has 1 heterocycles. The summed E-state index contributed by atoms with van der Waals surface area (Å²) in [4.78, 5) is 0. The van der Waals surface area contributed by atoms with E-state index in [0.29, 0.717) is 0 Å². The summed E-state index contributed by atoms with van der Waals surface area (Å²) in [6.45, 7) is 4.02. The molecule has 1 aliphatic heterocycles. The SMILES string of the molecule is Cc1ccc(CCC2(CN)CCCN2)cc1. The largest absolute Gasteiger partial charge is 0.329 e. The van der Waals surface area contributed by atoms with E-state index in [9.17, 15) is 0 Å². The number of rotatable bonds is 4. The summed E-state index contributed by atoms with van der Waals surface area (Å²) in [5.41, 5.74) is 8.86. The molecule has 0 spiro atoms. The number of nitrogens with two attached hydrogens (primary N) is 1. The molecule has 1 atom stereocenters. The van der Waals surface area contributed by atoms with Gasteiger partial charge >= 0.3 is 0 Å². The molecule has 0 aromatic heterocycles. The molecule has 1 unspecified atom stereocenters. The molecule has 16 heavy (non-hydrogen) atoms. The molecule has 0 bridgehead atoms. The Balaban J connectivity index is 1.93. The maximum Gasteiger partial charge on any atom is 0.0307 e. The minimum absolute atomic E-state index is 0.213. The fourth-order valence-corrected chi connectivity index (χ4v) is 2.50. The number of nitrogens with one attached hydrogen (secondary N) is 1. The minimum atomic E-state index is 0.213. The van der Waals surface area contributed by atoms with E-state index in [1.807, 2.05) is 0 Å². The zero-order chi connectivity index (χ0) is 11.4. The van der Waals surface area contributed by atoms with Crippen molar-refractivity contribution >= 4 is 0 Å². The lowest BCUT2D eigenvalue weighted by atomic mass is 9.90. The zero-order valence-corrected chi connectivity index (χ0v) is 10.1. The molecule has 0 amide bonds. The summed E-state index contributed by atoms with van der Waals surface area (Å²) in [5, 5.41) is 3.58. The quantitative estimate of drug-likeness (QED) is 0.811. The Morgan fingerprint density at radius 2 is 2.06 bits per heavy atom. The van der Waals surface area contributed by atoms with Crippen LogP contribution in [0.15, 0.2) is 24.3 Å². The van der Waals surface area contributed by atoms with Crippen molar-refractivity contribution in [3.8, 4) is 0 Å². The first-order valence-electron chi connectivity index (χ1n) is 6.25. The van der Waals surface area contributed by atoms with Gasteiger partial charge in [0.1, 0.15) is 0 Å². The van der Waals surface area contributed by atoms with E-state index >= 15 is 0 Å². The highest BCUT2D eigenvalue weighted by atomic mass is 15.0. The van der Waals surface area contributed by atoms with E-state index in [1.54, 1.807) is 0 Å². The van der Waals surface area contributed by atoms with Gasteiger partial charge in [-0.3, -0.25) is 0 Å². The topological polar surface area (TPSA) is 38.0 Å². The first kappa shape index (κ1) is 11.6. The van der Waals surface area contributed by atoms with E-state index in [-0.39, 0.29) is 5.54 Å². The minimum Gasteiger partial charge on any atom is -0.329 e. The van der Waals surface area contributed by atoms with Crippen molar-refractivity contribution in [3.05, 3.63) is 35.4 Å². The predicted octanol–water partition coefficient (Wildman–Crippen LogP) is 2.01. The molecular weight excluding hydrogens is 196 g/mol. The van der Waals surface area contributed by atoms with Crippen LogP contribution in [-0.4, -0.2) is 18.6 Å². The Labute approximate surface area is 98.2 Å². The van der Waals surface area contributed by atoms with Crippen LogP contribution in [0.25, 0.3) is 0 Å². The zero-order valence-electron chi connectivity index (χ0n) is 10.1. The highest BCUT2D eigenvalue weighted by Crippen LogP contribution is 2.23. The molecule has 1 saturated heterocycles. The Bertz CT molecular complexity index is 323. The smallest absolute Gasteiger partial charge is 0.0307 e. The van der Waals surface area contributed by atoms with E-state index < -0.39 is 0 Å². The van der Waals surface area contributed by atoms with Crippen LogP contribution in [0.2, 0.25) is 0 Å². The Morgan fingerprint density at radius 3 is 2.62 bits per heavy atom. The van der Waals surface area contributed by atoms with E-state index in [1.165, 1.54) is 24.0 Å². The molecular formula is C14H22N2. The molecule has 88 valence electrons. The molecule has 3 N–H and O–H groups in total. The average Bonchev–Trinajstić information content (AvgIpc) is 2.78. The fraction of sp³-hybridized carbons (Fsp3) is 0.571. The number of hydrogen-bond acceptors (Lipinski definition) is 2. The Morgan fingerprint density at radius 1 is 1.31 bits per heavy atom. The Hall–Kier alpha value is -0.860. The van der Waals surface area contributed by atoms with Crippen molar-refractivity contribution in [1.29, 1.82) is 0 Å². The van der Waals surface area contributed by atoms with Crippen molar-refractivity contribution in [2.24, 2.45) is 5.73 Å². The van der Waals surface area contributed by atoms with Gasteiger partial charge in [0.25, 0.3) is 0 Å². The van der Waals surface area contributed by atoms with Gasteiger partial charge in [0.05, 0.1) is 0 Å². The summed E-state index contributed by atoms with van der Waals surface area (Å²) < 4.78 is 0. The molecule has 1 aromatic carbocycles. The van der Waals surface area contributed by atoms with Gasteiger partial charge in [-0.2, -0.15) is 0 Å². The Kier molecular flexibility index (Phi) is 3.62. The maximum atomic E-state index is 5.89. The second-order valence-electron chi connectivity index (χ2n) is 5.00. The van der Waals surface area contributed by atoms with Crippen molar-refractivity contribution in [2.45, 2.75) is 38.1 Å². The predicted molar refractivity (Wildman–Crippen MR) is 68.5 cm³/mol. The molecule has 1 aliphatic rings. The van der Waals surface area contributed by atoms with Gasteiger partial charge in [-0.15, -0.1) is 0 Å². The van der Waals surface area contributed by atoms with Crippen LogP contribution < -0.4 is 11.1 Å². The molecule has 0 radical (unpaired) electrons. The second kappa shape index (κ2) is 4.98. The molecule has 2 rings (SSSR count). The second-order valence-corrected chi connectivity index (χ2v) is 5.00. The monoisotopic (exact) mass is 218 g/mol. The van der Waals surface area contributed by atoms with Gasteiger partial charge in [-0.25, -0.2) is 0 Å². The van der Waals surface area contributed by atoms with Crippen LogP contribution in [0.5, 0.6) is 0 Å². The van der Waals surface area contributed by atoms with Gasteiger partial charge in [0.2, 0.25) is 0 Å². The third-order valence-electron chi connectivity index (χ3n) is 3.74. The van der Waals surface area contributed by atoms with Crippen LogP contribution in [0, 0.1) is 6.92 Å². The van der Waals surface area contributed by atoms with Crippen LogP contribution in [0.1, 0.15) is 30.4 Å². The average molecular weight is 218 g/mol. The fourth-order valence-electron chi connectivity index (χ4n) is 2.50. The molecule has 0 saturated carbocycles. The summed E-state index contributed by atoms with van der Waals surface area (Å²) in [6, 6.07) is 8.84. The highest BCUT2D eigenvalue weighted by molar-refractivity contribution is 5.21. The standard InChI is InChI=1S/C14H22N2/c1-12-3-5-13(6-4-12)7-9-14(11-15)8-2-10-16-14/h3-6,16H,2,7-11,15H2,1H3. The summed E-state index contributed by atoms with van der Waals surface area (Å²) >= 11 is 0. The van der Waals surface area contributed by atoms with E-state index in [4.69, 9.17) is 5.73 Å². The molecule has 1 fully saturated rings. The van der Waals surface area contributed by atoms with Crippen molar-refractivity contribution < 1.29 is 0 Å². The third-order valence-corrected chi connectivity index (χ3v) is 3.74. The van der Waals surface area contributed by atoms with Gasteiger partial charge in [-0.1, -0.05) is 29.8 Å². The van der Waals surface area contributed by atoms with Gasteiger partial charge in [0.15, 0.2) is 0 Å². The lowest BCUT2D eigenvalue weighted by Gasteiger charge is -2.27. The molecule has 2 heteroatoms.